The van der Waals surface area contributed by atoms with Gasteiger partial charge in [-0.1, -0.05) is 11.6 Å². The standard InChI is InChI=1S/C17H18ClNO3/c1-3-22-16-9-4-12(10-13(16)11-21-2)17(20)19-15-7-5-14(18)6-8-15/h4-10H,3,11H2,1-2H3,(H,19,20). The van der Waals surface area contributed by atoms with Gasteiger partial charge in [-0.3, -0.25) is 4.79 Å². The van der Waals surface area contributed by atoms with E-state index >= 15 is 0 Å². The molecule has 0 bridgehead atoms. The van der Waals surface area contributed by atoms with Crippen molar-refractivity contribution in [2.24, 2.45) is 0 Å². The van der Waals surface area contributed by atoms with Crippen molar-refractivity contribution in [3.63, 3.8) is 0 Å². The molecule has 2 aromatic rings. The SMILES string of the molecule is CCOc1ccc(C(=O)Nc2ccc(Cl)cc2)cc1COC. The van der Waals surface area contributed by atoms with Gasteiger partial charge in [0.1, 0.15) is 5.75 Å². The van der Waals surface area contributed by atoms with Crippen LogP contribution in [0.3, 0.4) is 0 Å². The van der Waals surface area contributed by atoms with Crippen LogP contribution >= 0.6 is 11.6 Å². The zero-order chi connectivity index (χ0) is 15.9. The third-order valence-electron chi connectivity index (χ3n) is 3.02. The lowest BCUT2D eigenvalue weighted by atomic mass is 10.1. The second-order valence-electron chi connectivity index (χ2n) is 4.65. The number of hydrogen-bond acceptors (Lipinski definition) is 3. The van der Waals surface area contributed by atoms with Crippen molar-refractivity contribution in [2.45, 2.75) is 13.5 Å². The van der Waals surface area contributed by atoms with E-state index in [1.165, 1.54) is 0 Å². The minimum atomic E-state index is -0.192. The Morgan fingerprint density at radius 1 is 1.18 bits per heavy atom. The Kier molecular flexibility index (Phi) is 5.81. The molecule has 2 rings (SSSR count). The highest BCUT2D eigenvalue weighted by atomic mass is 35.5. The molecular weight excluding hydrogens is 302 g/mol. The first kappa shape index (κ1) is 16.3. The van der Waals surface area contributed by atoms with Gasteiger partial charge in [-0.05, 0) is 49.4 Å². The first-order chi connectivity index (χ1) is 10.6. The zero-order valence-electron chi connectivity index (χ0n) is 12.6. The number of nitrogens with one attached hydrogen (secondary N) is 1. The van der Waals surface area contributed by atoms with E-state index in [2.05, 4.69) is 5.32 Å². The lowest BCUT2D eigenvalue weighted by molar-refractivity contribution is 0.102. The molecule has 1 amide bonds. The molecule has 22 heavy (non-hydrogen) atoms. The molecule has 0 saturated heterocycles. The molecule has 1 N–H and O–H groups in total. The summed E-state index contributed by atoms with van der Waals surface area (Å²) in [6, 6.07) is 12.3. The van der Waals surface area contributed by atoms with Crippen LogP contribution < -0.4 is 10.1 Å². The second kappa shape index (κ2) is 7.82. The number of ether oxygens (including phenoxy) is 2. The number of halogens is 1. The van der Waals surface area contributed by atoms with Crippen molar-refractivity contribution in [3.8, 4) is 5.75 Å². The predicted octanol–water partition coefficient (Wildman–Crippen LogP) is 4.14. The Hall–Kier alpha value is -2.04. The summed E-state index contributed by atoms with van der Waals surface area (Å²) in [7, 11) is 1.61. The normalized spacial score (nSPS) is 10.3. The van der Waals surface area contributed by atoms with Crippen LogP contribution in [0.5, 0.6) is 5.75 Å². The van der Waals surface area contributed by atoms with Crippen molar-refractivity contribution >= 4 is 23.2 Å². The Morgan fingerprint density at radius 3 is 2.55 bits per heavy atom. The molecule has 0 heterocycles. The fourth-order valence-corrected chi connectivity index (χ4v) is 2.15. The molecule has 0 saturated carbocycles. The van der Waals surface area contributed by atoms with Crippen LogP contribution in [0.15, 0.2) is 42.5 Å². The first-order valence-corrected chi connectivity index (χ1v) is 7.33. The molecular formula is C17H18ClNO3. The third-order valence-corrected chi connectivity index (χ3v) is 3.28. The number of benzene rings is 2. The van der Waals surface area contributed by atoms with Gasteiger partial charge in [-0.2, -0.15) is 0 Å². The summed E-state index contributed by atoms with van der Waals surface area (Å²) in [6.45, 7) is 2.86. The quantitative estimate of drug-likeness (QED) is 0.870. The molecule has 116 valence electrons. The van der Waals surface area contributed by atoms with Gasteiger partial charge < -0.3 is 14.8 Å². The van der Waals surface area contributed by atoms with Crippen molar-refractivity contribution in [3.05, 3.63) is 58.6 Å². The minimum Gasteiger partial charge on any atom is -0.494 e. The van der Waals surface area contributed by atoms with E-state index in [0.29, 0.717) is 29.5 Å². The Morgan fingerprint density at radius 2 is 1.91 bits per heavy atom. The fraction of sp³-hybridized carbons (Fsp3) is 0.235. The largest absolute Gasteiger partial charge is 0.494 e. The van der Waals surface area contributed by atoms with Crippen LogP contribution in [0.25, 0.3) is 0 Å². The molecule has 0 unspecified atom stereocenters. The molecule has 2 aromatic carbocycles. The lowest BCUT2D eigenvalue weighted by Crippen LogP contribution is -2.12. The van der Waals surface area contributed by atoms with Crippen molar-refractivity contribution in [2.75, 3.05) is 19.0 Å². The first-order valence-electron chi connectivity index (χ1n) is 6.95. The van der Waals surface area contributed by atoms with Crippen LogP contribution in [0, 0.1) is 0 Å². The summed E-state index contributed by atoms with van der Waals surface area (Å²) in [6.07, 6.45) is 0. The lowest BCUT2D eigenvalue weighted by Gasteiger charge is -2.12. The molecule has 0 spiro atoms. The second-order valence-corrected chi connectivity index (χ2v) is 5.09. The van der Waals surface area contributed by atoms with Gasteiger partial charge in [0.2, 0.25) is 0 Å². The predicted molar refractivity (Wildman–Crippen MR) is 87.7 cm³/mol. The molecule has 0 aliphatic rings. The number of methoxy groups -OCH3 is 1. The van der Waals surface area contributed by atoms with Crippen LogP contribution in [-0.2, 0) is 11.3 Å². The number of hydrogen-bond donors (Lipinski definition) is 1. The van der Waals surface area contributed by atoms with Gasteiger partial charge in [0.15, 0.2) is 0 Å². The van der Waals surface area contributed by atoms with Crippen LogP contribution in [-0.4, -0.2) is 19.6 Å². The van der Waals surface area contributed by atoms with Crippen molar-refractivity contribution in [1.82, 2.24) is 0 Å². The molecule has 0 aliphatic heterocycles. The van der Waals surface area contributed by atoms with Crippen LogP contribution in [0.4, 0.5) is 5.69 Å². The van der Waals surface area contributed by atoms with Crippen LogP contribution in [0.1, 0.15) is 22.8 Å². The van der Waals surface area contributed by atoms with Gasteiger partial charge >= 0.3 is 0 Å². The van der Waals surface area contributed by atoms with Gasteiger partial charge in [0.25, 0.3) is 5.91 Å². The van der Waals surface area contributed by atoms with E-state index in [-0.39, 0.29) is 5.91 Å². The highest BCUT2D eigenvalue weighted by Crippen LogP contribution is 2.22. The average molecular weight is 320 g/mol. The average Bonchev–Trinajstić information content (AvgIpc) is 2.51. The number of amides is 1. The van der Waals surface area contributed by atoms with Crippen molar-refractivity contribution < 1.29 is 14.3 Å². The van der Waals surface area contributed by atoms with Gasteiger partial charge in [0, 0.05) is 28.9 Å². The maximum Gasteiger partial charge on any atom is 0.255 e. The third kappa shape index (κ3) is 4.23. The molecule has 0 aliphatic carbocycles. The van der Waals surface area contributed by atoms with Gasteiger partial charge in [-0.25, -0.2) is 0 Å². The van der Waals surface area contributed by atoms with E-state index in [0.717, 1.165) is 11.3 Å². The monoisotopic (exact) mass is 319 g/mol. The summed E-state index contributed by atoms with van der Waals surface area (Å²) in [5, 5.41) is 3.45. The zero-order valence-corrected chi connectivity index (χ0v) is 13.3. The maximum absolute atomic E-state index is 12.3. The Labute approximate surface area is 135 Å². The van der Waals surface area contributed by atoms with Gasteiger partial charge in [-0.15, -0.1) is 0 Å². The number of carbonyl (C=O) groups excluding carboxylic acids is 1. The summed E-state index contributed by atoms with van der Waals surface area (Å²) in [5.74, 6) is 0.537. The van der Waals surface area contributed by atoms with E-state index in [9.17, 15) is 4.79 Å². The van der Waals surface area contributed by atoms with Gasteiger partial charge in [0.05, 0.1) is 13.2 Å². The van der Waals surface area contributed by atoms with E-state index < -0.39 is 0 Å². The molecule has 0 aromatic heterocycles. The van der Waals surface area contributed by atoms with E-state index in [1.807, 2.05) is 6.92 Å². The Bertz CT molecular complexity index is 641. The highest BCUT2D eigenvalue weighted by Gasteiger charge is 2.11. The molecule has 0 atom stereocenters. The minimum absolute atomic E-state index is 0.192. The summed E-state index contributed by atoms with van der Waals surface area (Å²) < 4.78 is 10.7. The number of rotatable bonds is 6. The topological polar surface area (TPSA) is 47.6 Å². The maximum atomic E-state index is 12.3. The summed E-state index contributed by atoms with van der Waals surface area (Å²) in [5.41, 5.74) is 2.08. The molecule has 4 nitrogen and oxygen atoms in total. The fourth-order valence-electron chi connectivity index (χ4n) is 2.02. The van der Waals surface area contributed by atoms with Crippen LogP contribution in [0.2, 0.25) is 5.02 Å². The smallest absolute Gasteiger partial charge is 0.255 e. The van der Waals surface area contributed by atoms with E-state index in [4.69, 9.17) is 21.1 Å². The Balaban J connectivity index is 2.18. The number of carbonyl (C=O) groups is 1. The summed E-state index contributed by atoms with van der Waals surface area (Å²) in [4.78, 5) is 12.3. The molecule has 0 fully saturated rings. The molecule has 0 radical (unpaired) electrons. The van der Waals surface area contributed by atoms with E-state index in [1.54, 1.807) is 49.6 Å². The number of anilines is 1. The summed E-state index contributed by atoms with van der Waals surface area (Å²) >= 11 is 5.83. The highest BCUT2D eigenvalue weighted by molar-refractivity contribution is 6.30. The van der Waals surface area contributed by atoms with Crippen molar-refractivity contribution in [1.29, 1.82) is 0 Å². The molecule has 5 heteroatoms.